The highest BCUT2D eigenvalue weighted by Gasteiger charge is 2.25. The van der Waals surface area contributed by atoms with Gasteiger partial charge in [0.2, 0.25) is 0 Å². The van der Waals surface area contributed by atoms with Crippen molar-refractivity contribution in [1.82, 2.24) is 10.3 Å². The van der Waals surface area contributed by atoms with Gasteiger partial charge >= 0.3 is 0 Å². The number of nitrogens with two attached hydrogens (primary N) is 1. The zero-order chi connectivity index (χ0) is 16.5. The maximum atomic E-state index is 6.36. The van der Waals surface area contributed by atoms with Crippen LogP contribution in [0.5, 0.6) is 5.75 Å². The minimum Gasteiger partial charge on any atom is -0.497 e. The van der Waals surface area contributed by atoms with Crippen LogP contribution < -0.4 is 15.8 Å². The SMILES string of the molecule is COc1ccc(-c2c3c(nc(N)c2C2=NCCN2)CCCC3)cc1. The molecule has 0 unspecified atom stereocenters. The van der Waals surface area contributed by atoms with Crippen molar-refractivity contribution in [3.05, 3.63) is 41.1 Å². The molecule has 2 heterocycles. The molecule has 0 fully saturated rings. The van der Waals surface area contributed by atoms with Crippen molar-refractivity contribution in [2.75, 3.05) is 25.9 Å². The summed E-state index contributed by atoms with van der Waals surface area (Å²) in [7, 11) is 1.68. The van der Waals surface area contributed by atoms with Crippen LogP contribution in [0.4, 0.5) is 5.82 Å². The van der Waals surface area contributed by atoms with Crippen LogP contribution in [0.3, 0.4) is 0 Å². The number of aromatic nitrogens is 1. The zero-order valence-electron chi connectivity index (χ0n) is 13.9. The number of aryl methyl sites for hydroxylation is 1. The van der Waals surface area contributed by atoms with Crippen molar-refractivity contribution in [3.63, 3.8) is 0 Å². The summed E-state index contributed by atoms with van der Waals surface area (Å²) in [5, 5.41) is 3.36. The van der Waals surface area contributed by atoms with Gasteiger partial charge in [-0.25, -0.2) is 4.98 Å². The average Bonchev–Trinajstić information content (AvgIpc) is 3.15. The first kappa shape index (κ1) is 15.0. The smallest absolute Gasteiger partial charge is 0.135 e. The Morgan fingerprint density at radius 3 is 2.58 bits per heavy atom. The molecule has 0 radical (unpaired) electrons. The van der Waals surface area contributed by atoms with Crippen molar-refractivity contribution in [3.8, 4) is 16.9 Å². The Kier molecular flexibility index (Phi) is 3.84. The Bertz CT molecular complexity index is 796. The number of anilines is 1. The van der Waals surface area contributed by atoms with Gasteiger partial charge in [0.1, 0.15) is 17.4 Å². The summed E-state index contributed by atoms with van der Waals surface area (Å²) in [6, 6.07) is 8.19. The van der Waals surface area contributed by atoms with E-state index in [0.717, 1.165) is 54.3 Å². The van der Waals surface area contributed by atoms with Crippen LogP contribution in [-0.4, -0.2) is 31.0 Å². The molecule has 0 saturated carbocycles. The normalized spacial score (nSPS) is 16.3. The van der Waals surface area contributed by atoms with Crippen LogP contribution in [0.2, 0.25) is 0 Å². The molecule has 4 rings (SSSR count). The molecule has 2 aromatic rings. The first-order valence-corrected chi connectivity index (χ1v) is 8.52. The van der Waals surface area contributed by atoms with E-state index in [4.69, 9.17) is 15.5 Å². The molecule has 5 heteroatoms. The van der Waals surface area contributed by atoms with Crippen molar-refractivity contribution < 1.29 is 4.74 Å². The number of ether oxygens (including phenoxy) is 1. The van der Waals surface area contributed by atoms with Gasteiger partial charge in [-0.1, -0.05) is 12.1 Å². The lowest BCUT2D eigenvalue weighted by atomic mass is 9.86. The van der Waals surface area contributed by atoms with E-state index in [1.54, 1.807) is 7.11 Å². The molecule has 0 amide bonds. The second-order valence-corrected chi connectivity index (χ2v) is 6.27. The number of hydrogen-bond donors (Lipinski definition) is 2. The number of hydrogen-bond acceptors (Lipinski definition) is 5. The number of amidine groups is 1. The van der Waals surface area contributed by atoms with E-state index in [-0.39, 0.29) is 0 Å². The summed E-state index contributed by atoms with van der Waals surface area (Å²) in [6.07, 6.45) is 4.42. The van der Waals surface area contributed by atoms with Gasteiger partial charge in [-0.3, -0.25) is 4.99 Å². The molecule has 0 spiro atoms. The summed E-state index contributed by atoms with van der Waals surface area (Å²) >= 11 is 0. The highest BCUT2D eigenvalue weighted by atomic mass is 16.5. The number of nitrogen functional groups attached to an aromatic ring is 1. The Balaban J connectivity index is 1.95. The van der Waals surface area contributed by atoms with Gasteiger partial charge in [0.15, 0.2) is 0 Å². The first-order chi connectivity index (χ1) is 11.8. The fourth-order valence-electron chi connectivity index (χ4n) is 3.64. The van der Waals surface area contributed by atoms with Crippen LogP contribution >= 0.6 is 0 Å². The Morgan fingerprint density at radius 1 is 1.08 bits per heavy atom. The molecule has 0 atom stereocenters. The fraction of sp³-hybridized carbons (Fsp3) is 0.368. The molecule has 24 heavy (non-hydrogen) atoms. The Labute approximate surface area is 142 Å². The van der Waals surface area contributed by atoms with Crippen molar-refractivity contribution in [2.45, 2.75) is 25.7 Å². The van der Waals surface area contributed by atoms with Crippen molar-refractivity contribution in [2.24, 2.45) is 4.99 Å². The molecule has 1 aliphatic heterocycles. The molecule has 1 aromatic heterocycles. The summed E-state index contributed by atoms with van der Waals surface area (Å²) in [5.41, 5.74) is 12.1. The van der Waals surface area contributed by atoms with Crippen LogP contribution in [-0.2, 0) is 12.8 Å². The van der Waals surface area contributed by atoms with Crippen molar-refractivity contribution >= 4 is 11.7 Å². The molecular weight excluding hydrogens is 300 g/mol. The topological polar surface area (TPSA) is 72.5 Å². The molecule has 3 N–H and O–H groups in total. The third kappa shape index (κ3) is 2.50. The number of methoxy groups -OCH3 is 1. The minimum absolute atomic E-state index is 0.578. The number of benzene rings is 1. The molecule has 2 aliphatic rings. The first-order valence-electron chi connectivity index (χ1n) is 8.52. The zero-order valence-corrected chi connectivity index (χ0v) is 13.9. The molecule has 5 nitrogen and oxygen atoms in total. The largest absolute Gasteiger partial charge is 0.497 e. The van der Waals surface area contributed by atoms with Crippen molar-refractivity contribution in [1.29, 1.82) is 0 Å². The number of pyridine rings is 1. The number of nitrogens with zero attached hydrogens (tertiary/aromatic N) is 2. The highest BCUT2D eigenvalue weighted by Crippen LogP contribution is 2.37. The predicted octanol–water partition coefficient (Wildman–Crippen LogP) is 2.57. The fourth-order valence-corrected chi connectivity index (χ4v) is 3.64. The quantitative estimate of drug-likeness (QED) is 0.911. The van der Waals surface area contributed by atoms with Crippen LogP contribution in [0.15, 0.2) is 29.3 Å². The molecule has 0 bridgehead atoms. The van der Waals surface area contributed by atoms with E-state index < -0.39 is 0 Å². The van der Waals surface area contributed by atoms with E-state index in [9.17, 15) is 0 Å². The van der Waals surface area contributed by atoms with Gasteiger partial charge in [-0.15, -0.1) is 0 Å². The van der Waals surface area contributed by atoms with E-state index in [1.807, 2.05) is 12.1 Å². The van der Waals surface area contributed by atoms with E-state index in [0.29, 0.717) is 5.82 Å². The number of nitrogens with one attached hydrogen (secondary N) is 1. The second kappa shape index (κ2) is 6.15. The van der Waals surface area contributed by atoms with E-state index in [2.05, 4.69) is 22.4 Å². The van der Waals surface area contributed by atoms with Crippen LogP contribution in [0.25, 0.3) is 11.1 Å². The maximum Gasteiger partial charge on any atom is 0.135 e. The lowest BCUT2D eigenvalue weighted by molar-refractivity contribution is 0.415. The van der Waals surface area contributed by atoms with Crippen LogP contribution in [0, 0.1) is 0 Å². The lowest BCUT2D eigenvalue weighted by Crippen LogP contribution is -2.24. The summed E-state index contributed by atoms with van der Waals surface area (Å²) in [6.45, 7) is 1.64. The van der Waals surface area contributed by atoms with E-state index >= 15 is 0 Å². The van der Waals surface area contributed by atoms with Gasteiger partial charge < -0.3 is 15.8 Å². The third-order valence-electron chi connectivity index (χ3n) is 4.79. The molecular formula is C19H22N4O. The lowest BCUT2D eigenvalue weighted by Gasteiger charge is -2.23. The molecule has 0 saturated heterocycles. The summed E-state index contributed by atoms with van der Waals surface area (Å²) in [4.78, 5) is 9.31. The van der Waals surface area contributed by atoms with Gasteiger partial charge in [-0.2, -0.15) is 0 Å². The maximum absolute atomic E-state index is 6.36. The summed E-state index contributed by atoms with van der Waals surface area (Å²) < 4.78 is 5.30. The average molecular weight is 322 g/mol. The third-order valence-corrected chi connectivity index (χ3v) is 4.79. The molecule has 1 aromatic carbocycles. The number of fused-ring (bicyclic) bond motifs is 1. The standard InChI is InChI=1S/C19H22N4O/c1-24-13-8-6-12(7-9-13)16-14-4-2-3-5-15(14)23-18(20)17(16)19-21-10-11-22-19/h6-9H,2-5,10-11H2,1H3,(H2,20,23)(H,21,22). The van der Waals surface area contributed by atoms with Gasteiger partial charge in [0.05, 0.1) is 19.2 Å². The number of rotatable bonds is 3. The second-order valence-electron chi connectivity index (χ2n) is 6.27. The monoisotopic (exact) mass is 322 g/mol. The minimum atomic E-state index is 0.578. The Hall–Kier alpha value is -2.56. The summed E-state index contributed by atoms with van der Waals surface area (Å²) in [5.74, 6) is 2.31. The van der Waals surface area contributed by atoms with Gasteiger partial charge in [0.25, 0.3) is 0 Å². The highest BCUT2D eigenvalue weighted by molar-refractivity contribution is 6.09. The Morgan fingerprint density at radius 2 is 1.88 bits per heavy atom. The molecule has 1 aliphatic carbocycles. The molecule has 124 valence electrons. The van der Waals surface area contributed by atoms with E-state index in [1.165, 1.54) is 24.0 Å². The van der Waals surface area contributed by atoms with Gasteiger partial charge in [-0.05, 0) is 48.9 Å². The van der Waals surface area contributed by atoms with Crippen LogP contribution in [0.1, 0.15) is 29.7 Å². The number of aliphatic imine (C=N–C) groups is 1. The van der Waals surface area contributed by atoms with Gasteiger partial charge in [0, 0.05) is 17.8 Å². The predicted molar refractivity (Wildman–Crippen MR) is 96.7 cm³/mol.